The zero-order valence-corrected chi connectivity index (χ0v) is 20.1. The van der Waals surface area contributed by atoms with Crippen LogP contribution in [0.1, 0.15) is 46.7 Å². The summed E-state index contributed by atoms with van der Waals surface area (Å²) < 4.78 is 5.03. The van der Waals surface area contributed by atoms with Crippen molar-refractivity contribution in [3.8, 4) is 11.8 Å². The molecule has 1 aromatic carbocycles. The number of piperazine rings is 1. The molecule has 1 aromatic heterocycles. The number of ether oxygens (including phenoxy) is 1. The maximum Gasteiger partial charge on any atom is 0.409 e. The van der Waals surface area contributed by atoms with E-state index < -0.39 is 0 Å². The highest BCUT2D eigenvalue weighted by molar-refractivity contribution is 7.09. The van der Waals surface area contributed by atoms with Crippen LogP contribution in [0.4, 0.5) is 4.79 Å². The first-order valence-corrected chi connectivity index (χ1v) is 12.5. The fourth-order valence-electron chi connectivity index (χ4n) is 4.10. The minimum Gasteiger partial charge on any atom is -0.450 e. The van der Waals surface area contributed by atoms with Gasteiger partial charge in [0.05, 0.1) is 11.6 Å². The second kappa shape index (κ2) is 11.2. The van der Waals surface area contributed by atoms with Crippen LogP contribution in [0, 0.1) is 11.8 Å². The van der Waals surface area contributed by atoms with Gasteiger partial charge in [0, 0.05) is 62.1 Å². The van der Waals surface area contributed by atoms with Crippen molar-refractivity contribution >= 4 is 29.2 Å². The molecule has 0 aliphatic carbocycles. The molecule has 9 heteroatoms. The molecule has 2 fully saturated rings. The summed E-state index contributed by atoms with van der Waals surface area (Å²) in [4.78, 5) is 47.0. The van der Waals surface area contributed by atoms with Crippen LogP contribution >= 0.6 is 11.3 Å². The number of nitrogens with zero attached hydrogens (tertiary/aromatic N) is 4. The molecular weight excluding hydrogens is 452 g/mol. The topological polar surface area (TPSA) is 83.0 Å². The van der Waals surface area contributed by atoms with Gasteiger partial charge >= 0.3 is 6.09 Å². The van der Waals surface area contributed by atoms with E-state index in [1.54, 1.807) is 21.6 Å². The van der Waals surface area contributed by atoms with Gasteiger partial charge in [0.25, 0.3) is 11.8 Å². The van der Waals surface area contributed by atoms with Crippen molar-refractivity contribution in [1.29, 1.82) is 0 Å². The molecule has 34 heavy (non-hydrogen) atoms. The zero-order valence-electron chi connectivity index (χ0n) is 19.2. The molecule has 8 nitrogen and oxygen atoms in total. The van der Waals surface area contributed by atoms with E-state index in [9.17, 15) is 14.4 Å². The molecule has 0 N–H and O–H groups in total. The van der Waals surface area contributed by atoms with Crippen molar-refractivity contribution in [1.82, 2.24) is 19.7 Å². The van der Waals surface area contributed by atoms with Crippen LogP contribution in [0.3, 0.4) is 0 Å². The van der Waals surface area contributed by atoms with Gasteiger partial charge in [0.1, 0.15) is 5.69 Å². The molecule has 0 saturated carbocycles. The van der Waals surface area contributed by atoms with Gasteiger partial charge in [0.2, 0.25) is 0 Å². The third-order valence-electron chi connectivity index (χ3n) is 6.05. The van der Waals surface area contributed by atoms with E-state index in [1.807, 2.05) is 35.7 Å². The van der Waals surface area contributed by atoms with Gasteiger partial charge in [-0.05, 0) is 31.9 Å². The number of benzene rings is 1. The Kier molecular flexibility index (Phi) is 7.80. The fourth-order valence-corrected chi connectivity index (χ4v) is 5.06. The SMILES string of the molecule is CCOC(=O)N1CCN(C(=O)c2csc(C3CCN(C(=O)C#Cc4ccccc4)CC3)n2)CC1. The van der Waals surface area contributed by atoms with E-state index in [1.165, 1.54) is 11.3 Å². The summed E-state index contributed by atoms with van der Waals surface area (Å²) in [6.45, 7) is 5.23. The Morgan fingerprint density at radius 2 is 1.68 bits per heavy atom. The number of hydrogen-bond donors (Lipinski definition) is 0. The molecule has 3 heterocycles. The summed E-state index contributed by atoms with van der Waals surface area (Å²) in [5.74, 6) is 5.64. The molecule has 0 atom stereocenters. The molecule has 178 valence electrons. The monoisotopic (exact) mass is 480 g/mol. The van der Waals surface area contributed by atoms with E-state index in [0.717, 1.165) is 23.4 Å². The molecule has 0 spiro atoms. The average molecular weight is 481 g/mol. The Labute approximate surface area is 203 Å². The maximum absolute atomic E-state index is 12.9. The van der Waals surface area contributed by atoms with E-state index in [4.69, 9.17) is 4.74 Å². The van der Waals surface area contributed by atoms with Crippen LogP contribution in [0.25, 0.3) is 0 Å². The summed E-state index contributed by atoms with van der Waals surface area (Å²) in [5, 5.41) is 2.76. The highest BCUT2D eigenvalue weighted by Crippen LogP contribution is 2.30. The van der Waals surface area contributed by atoms with Crippen molar-refractivity contribution in [3.63, 3.8) is 0 Å². The second-order valence-corrected chi connectivity index (χ2v) is 9.12. The quantitative estimate of drug-likeness (QED) is 0.631. The summed E-state index contributed by atoms with van der Waals surface area (Å²) in [5.41, 5.74) is 1.28. The molecular formula is C25H28N4O4S. The molecule has 0 unspecified atom stereocenters. The third kappa shape index (κ3) is 5.75. The van der Waals surface area contributed by atoms with Crippen molar-refractivity contribution in [2.75, 3.05) is 45.9 Å². The van der Waals surface area contributed by atoms with Gasteiger partial charge in [-0.2, -0.15) is 0 Å². The van der Waals surface area contributed by atoms with Crippen molar-refractivity contribution in [3.05, 3.63) is 52.0 Å². The first kappa shape index (κ1) is 23.8. The average Bonchev–Trinajstić information content (AvgIpc) is 3.38. The number of amides is 3. The normalized spacial score (nSPS) is 16.6. The second-order valence-electron chi connectivity index (χ2n) is 8.23. The first-order chi connectivity index (χ1) is 16.5. The lowest BCUT2D eigenvalue weighted by Crippen LogP contribution is -2.50. The molecule has 2 aliphatic heterocycles. The van der Waals surface area contributed by atoms with Crippen LogP contribution in [0.5, 0.6) is 0 Å². The number of hydrogen-bond acceptors (Lipinski definition) is 6. The number of carbonyl (C=O) groups excluding carboxylic acids is 3. The van der Waals surface area contributed by atoms with Crippen molar-refractivity contribution < 1.29 is 19.1 Å². The Balaban J connectivity index is 1.27. The van der Waals surface area contributed by atoms with Crippen molar-refractivity contribution in [2.24, 2.45) is 0 Å². The van der Waals surface area contributed by atoms with Gasteiger partial charge in [-0.1, -0.05) is 24.1 Å². The van der Waals surface area contributed by atoms with Gasteiger partial charge in [-0.25, -0.2) is 9.78 Å². The largest absolute Gasteiger partial charge is 0.450 e. The predicted molar refractivity (Wildman–Crippen MR) is 128 cm³/mol. The van der Waals surface area contributed by atoms with Gasteiger partial charge < -0.3 is 19.4 Å². The fraction of sp³-hybridized carbons (Fsp3) is 0.440. The lowest BCUT2D eigenvalue weighted by molar-refractivity contribution is -0.126. The Morgan fingerprint density at radius 3 is 2.35 bits per heavy atom. The van der Waals surface area contributed by atoms with Gasteiger partial charge in [0.15, 0.2) is 0 Å². The Bertz CT molecular complexity index is 1080. The smallest absolute Gasteiger partial charge is 0.409 e. The third-order valence-corrected chi connectivity index (χ3v) is 7.06. The molecule has 0 radical (unpaired) electrons. The van der Waals surface area contributed by atoms with Crippen LogP contribution in [-0.4, -0.2) is 83.5 Å². The van der Waals surface area contributed by atoms with E-state index in [2.05, 4.69) is 16.8 Å². The van der Waals surface area contributed by atoms with E-state index >= 15 is 0 Å². The number of aromatic nitrogens is 1. The van der Waals surface area contributed by atoms with E-state index in [-0.39, 0.29) is 23.8 Å². The van der Waals surface area contributed by atoms with Crippen LogP contribution in [0.2, 0.25) is 0 Å². The lowest BCUT2D eigenvalue weighted by atomic mass is 9.97. The number of likely N-dealkylation sites (tertiary alicyclic amines) is 1. The number of thiazole rings is 1. The van der Waals surface area contributed by atoms with Crippen LogP contribution in [0.15, 0.2) is 35.7 Å². The number of piperidine rings is 1. The number of carbonyl (C=O) groups is 3. The molecule has 2 saturated heterocycles. The predicted octanol–water partition coefficient (Wildman–Crippen LogP) is 2.82. The summed E-state index contributed by atoms with van der Waals surface area (Å²) >= 11 is 1.50. The highest BCUT2D eigenvalue weighted by Gasteiger charge is 2.29. The maximum atomic E-state index is 12.9. The Hall–Kier alpha value is -3.38. The zero-order chi connectivity index (χ0) is 23.9. The summed E-state index contributed by atoms with van der Waals surface area (Å²) in [6.07, 6.45) is 1.28. The summed E-state index contributed by atoms with van der Waals surface area (Å²) in [6, 6.07) is 9.48. The lowest BCUT2D eigenvalue weighted by Gasteiger charge is -2.33. The number of rotatable bonds is 3. The Morgan fingerprint density at radius 1 is 1.00 bits per heavy atom. The molecule has 0 bridgehead atoms. The van der Waals surface area contributed by atoms with Crippen molar-refractivity contribution in [2.45, 2.75) is 25.7 Å². The molecule has 2 aromatic rings. The van der Waals surface area contributed by atoms with Crippen LogP contribution in [-0.2, 0) is 9.53 Å². The highest BCUT2D eigenvalue weighted by atomic mass is 32.1. The van der Waals surface area contributed by atoms with Crippen LogP contribution < -0.4 is 0 Å². The minimum absolute atomic E-state index is 0.102. The van der Waals surface area contributed by atoms with Gasteiger partial charge in [-0.3, -0.25) is 9.59 Å². The first-order valence-electron chi connectivity index (χ1n) is 11.6. The van der Waals surface area contributed by atoms with Gasteiger partial charge in [-0.15, -0.1) is 11.3 Å². The van der Waals surface area contributed by atoms with E-state index in [0.29, 0.717) is 51.6 Å². The molecule has 3 amide bonds. The molecule has 4 rings (SSSR count). The summed E-state index contributed by atoms with van der Waals surface area (Å²) in [7, 11) is 0. The molecule has 2 aliphatic rings. The standard InChI is InChI=1S/C25H28N4O4S/c1-2-33-25(32)29-16-14-28(15-17-29)24(31)21-18-34-23(26-21)20-10-12-27(13-11-20)22(30)9-8-19-6-4-3-5-7-19/h3-7,18,20H,2,10-17H2,1H3. The minimum atomic E-state index is -0.332.